The summed E-state index contributed by atoms with van der Waals surface area (Å²) in [6.07, 6.45) is 0. The van der Waals surface area contributed by atoms with Gasteiger partial charge in [0, 0.05) is 27.2 Å². The molecule has 2 N–H and O–H groups in total. The molecule has 0 heterocycles. The molecular weight excluding hydrogens is 329 g/mol. The van der Waals surface area contributed by atoms with E-state index in [1.807, 2.05) is 13.8 Å². The minimum Gasteiger partial charge on any atom is -0.441 e. The monoisotopic (exact) mass is 351 g/mol. The summed E-state index contributed by atoms with van der Waals surface area (Å²) < 4.78 is 30.9. The molecule has 0 saturated carbocycles. The highest BCUT2D eigenvalue weighted by atomic mass is 32.4. The zero-order valence-electron chi connectivity index (χ0n) is 12.7. The Morgan fingerprint density at radius 1 is 1.14 bits per heavy atom. The van der Waals surface area contributed by atoms with Crippen LogP contribution in [0.1, 0.15) is 13.8 Å². The third-order valence-electron chi connectivity index (χ3n) is 2.57. The molecule has 0 unspecified atom stereocenters. The maximum atomic E-state index is 12.0. The Balaban J connectivity index is 2.95. The van der Waals surface area contributed by atoms with Crippen LogP contribution in [0.4, 0.5) is 0 Å². The molecule has 0 amide bonds. The summed E-state index contributed by atoms with van der Waals surface area (Å²) in [5, 5.41) is 6.28. The largest absolute Gasteiger partial charge is 0.441 e. The molecule has 0 atom stereocenters. The fraction of sp³-hybridized carbons (Fsp3) is 0.500. The van der Waals surface area contributed by atoms with Gasteiger partial charge in [0.25, 0.3) is 0 Å². The lowest BCUT2D eigenvalue weighted by Crippen LogP contribution is -2.25. The summed E-state index contributed by atoms with van der Waals surface area (Å²) in [6.45, 7) is 2.95. The van der Waals surface area contributed by atoms with Gasteiger partial charge in [-0.05, 0) is 36.1 Å². The zero-order chi connectivity index (χ0) is 16.1. The molecule has 0 aliphatic carbocycles. The summed E-state index contributed by atoms with van der Waals surface area (Å²) in [5.41, 5.74) is 0. The fourth-order valence-electron chi connectivity index (χ4n) is 1.57. The molecule has 6 nitrogen and oxygen atoms in total. The van der Waals surface area contributed by atoms with Crippen molar-refractivity contribution in [3.8, 4) is 5.75 Å². The Bertz CT molecular complexity index is 593. The molecule has 0 spiro atoms. The Morgan fingerprint density at radius 2 is 1.62 bits per heavy atom. The van der Waals surface area contributed by atoms with Gasteiger partial charge < -0.3 is 4.52 Å². The second kappa shape index (κ2) is 7.67. The standard InChI is InChI=1S/C12H22N3O3PS2/c1-5-13-19(20,14-6-2)18-11-7-9-12(10-8-11)21(16,17)15(3)4/h7-10H,5-6H2,1-4H3,(H2,13,14,20). The number of nitrogens with one attached hydrogen (secondary N) is 2. The molecule has 0 aliphatic heterocycles. The second-order valence-corrected chi connectivity index (χ2v) is 10.0. The fourth-order valence-corrected chi connectivity index (χ4v) is 5.00. The normalized spacial score (nSPS) is 12.6. The van der Waals surface area contributed by atoms with Crippen LogP contribution in [0.2, 0.25) is 0 Å². The number of nitrogens with zero attached hydrogens (tertiary/aromatic N) is 1. The van der Waals surface area contributed by atoms with Crippen molar-refractivity contribution in [2.75, 3.05) is 27.2 Å². The van der Waals surface area contributed by atoms with Crippen LogP contribution in [0.25, 0.3) is 0 Å². The summed E-state index contributed by atoms with van der Waals surface area (Å²) >= 11 is 5.47. The molecule has 0 saturated heterocycles. The summed E-state index contributed by atoms with van der Waals surface area (Å²) in [5.74, 6) is 0.540. The molecule has 120 valence electrons. The van der Waals surface area contributed by atoms with Gasteiger partial charge in [0.2, 0.25) is 16.6 Å². The highest BCUT2D eigenvalue weighted by molar-refractivity contribution is 8.10. The van der Waals surface area contributed by atoms with E-state index >= 15 is 0 Å². The number of hydrogen-bond acceptors (Lipinski definition) is 4. The molecule has 1 rings (SSSR count). The zero-order valence-corrected chi connectivity index (χ0v) is 15.2. The Morgan fingerprint density at radius 3 is 2.00 bits per heavy atom. The molecule has 0 fully saturated rings. The summed E-state index contributed by atoms with van der Waals surface area (Å²) in [6, 6.07) is 6.27. The average Bonchev–Trinajstić information content (AvgIpc) is 2.39. The van der Waals surface area contributed by atoms with Crippen LogP contribution in [0, 0.1) is 0 Å². The van der Waals surface area contributed by atoms with Gasteiger partial charge in [0.05, 0.1) is 4.90 Å². The average molecular weight is 351 g/mol. The lowest BCUT2D eigenvalue weighted by Gasteiger charge is -2.24. The van der Waals surface area contributed by atoms with Crippen LogP contribution in [0.5, 0.6) is 5.75 Å². The maximum absolute atomic E-state index is 12.0. The van der Waals surface area contributed by atoms with Crippen LogP contribution in [-0.4, -0.2) is 39.9 Å². The first kappa shape index (κ1) is 18.5. The number of benzene rings is 1. The SMILES string of the molecule is CCNP(=S)(NCC)Oc1ccc(S(=O)(=O)N(C)C)cc1. The number of hydrogen-bond donors (Lipinski definition) is 2. The van der Waals surface area contributed by atoms with Gasteiger partial charge in [-0.3, -0.25) is 0 Å². The predicted octanol–water partition coefficient (Wildman–Crippen LogP) is 1.76. The molecule has 0 aromatic heterocycles. The van der Waals surface area contributed by atoms with Crippen LogP contribution >= 0.6 is 6.57 Å². The van der Waals surface area contributed by atoms with Gasteiger partial charge in [0.1, 0.15) is 5.75 Å². The van der Waals surface area contributed by atoms with E-state index in [0.717, 1.165) is 0 Å². The highest BCUT2D eigenvalue weighted by Crippen LogP contribution is 2.38. The van der Waals surface area contributed by atoms with Crippen LogP contribution in [-0.2, 0) is 21.8 Å². The van der Waals surface area contributed by atoms with Gasteiger partial charge >= 0.3 is 0 Å². The van der Waals surface area contributed by atoms with Crippen molar-refractivity contribution in [1.29, 1.82) is 0 Å². The van der Waals surface area contributed by atoms with Crippen molar-refractivity contribution in [3.63, 3.8) is 0 Å². The van der Waals surface area contributed by atoms with Gasteiger partial charge in [-0.25, -0.2) is 22.9 Å². The first-order valence-corrected chi connectivity index (χ1v) is 10.7. The van der Waals surface area contributed by atoms with E-state index in [1.165, 1.54) is 30.5 Å². The molecule has 0 radical (unpaired) electrons. The molecule has 0 aliphatic rings. The van der Waals surface area contributed by atoms with Crippen molar-refractivity contribution >= 4 is 28.4 Å². The van der Waals surface area contributed by atoms with Crippen molar-refractivity contribution < 1.29 is 12.9 Å². The van der Waals surface area contributed by atoms with Crippen LogP contribution < -0.4 is 14.7 Å². The van der Waals surface area contributed by atoms with E-state index in [2.05, 4.69) is 10.2 Å². The molecule has 0 bridgehead atoms. The first-order chi connectivity index (χ1) is 9.75. The quantitative estimate of drug-likeness (QED) is 0.696. The topological polar surface area (TPSA) is 70.7 Å². The first-order valence-electron chi connectivity index (χ1n) is 6.57. The van der Waals surface area contributed by atoms with E-state index in [0.29, 0.717) is 18.8 Å². The van der Waals surface area contributed by atoms with Gasteiger partial charge in [0.15, 0.2) is 0 Å². The molecule has 1 aromatic rings. The van der Waals surface area contributed by atoms with Crippen LogP contribution in [0.3, 0.4) is 0 Å². The minimum absolute atomic E-state index is 0.222. The van der Waals surface area contributed by atoms with Crippen molar-refractivity contribution in [1.82, 2.24) is 14.5 Å². The Labute approximate surface area is 132 Å². The third kappa shape index (κ3) is 5.02. The second-order valence-electron chi connectivity index (χ2n) is 4.42. The molecule has 1 aromatic carbocycles. The van der Waals surface area contributed by atoms with Gasteiger partial charge in [-0.1, -0.05) is 13.8 Å². The number of sulfonamides is 1. The maximum Gasteiger partial charge on any atom is 0.247 e. The van der Waals surface area contributed by atoms with Gasteiger partial charge in [-0.2, -0.15) is 0 Å². The molecule has 9 heteroatoms. The lowest BCUT2D eigenvalue weighted by molar-refractivity contribution is 0.520. The van der Waals surface area contributed by atoms with E-state index in [4.69, 9.17) is 16.3 Å². The lowest BCUT2D eigenvalue weighted by atomic mass is 10.3. The van der Waals surface area contributed by atoms with E-state index in [9.17, 15) is 8.42 Å². The van der Waals surface area contributed by atoms with E-state index < -0.39 is 16.6 Å². The summed E-state index contributed by atoms with van der Waals surface area (Å²) in [4.78, 5) is 0.222. The van der Waals surface area contributed by atoms with E-state index in [1.54, 1.807) is 12.1 Å². The van der Waals surface area contributed by atoms with Gasteiger partial charge in [-0.15, -0.1) is 0 Å². The number of rotatable bonds is 8. The highest BCUT2D eigenvalue weighted by Gasteiger charge is 2.19. The predicted molar refractivity (Wildman–Crippen MR) is 89.6 cm³/mol. The van der Waals surface area contributed by atoms with E-state index in [-0.39, 0.29) is 4.90 Å². The Hall–Kier alpha value is -0.500. The van der Waals surface area contributed by atoms with Crippen molar-refractivity contribution in [2.24, 2.45) is 0 Å². The minimum atomic E-state index is -3.43. The summed E-state index contributed by atoms with van der Waals surface area (Å²) in [7, 11) is -0.436. The van der Waals surface area contributed by atoms with Crippen molar-refractivity contribution in [3.05, 3.63) is 24.3 Å². The molecule has 21 heavy (non-hydrogen) atoms. The van der Waals surface area contributed by atoms with Crippen LogP contribution in [0.15, 0.2) is 29.2 Å². The smallest absolute Gasteiger partial charge is 0.247 e. The third-order valence-corrected chi connectivity index (χ3v) is 7.33. The van der Waals surface area contributed by atoms with Crippen molar-refractivity contribution in [2.45, 2.75) is 18.7 Å². The molecular formula is C12H22N3O3PS2. The Kier molecular flexibility index (Phi) is 6.77.